The lowest BCUT2D eigenvalue weighted by Gasteiger charge is -2.46. The summed E-state index contributed by atoms with van der Waals surface area (Å²) < 4.78 is 117. The van der Waals surface area contributed by atoms with Crippen molar-refractivity contribution in [2.75, 3.05) is 66.0 Å². The van der Waals surface area contributed by atoms with Crippen molar-refractivity contribution in [1.29, 1.82) is 0 Å². The Morgan fingerprint density at radius 3 is 1.39 bits per heavy atom. The number of carboxylic acid groups (broad SMARTS) is 1. The average molecular weight is 815 g/mol. The minimum absolute atomic E-state index is 0.0505. The van der Waals surface area contributed by atoms with Gasteiger partial charge in [-0.15, -0.1) is 0 Å². The summed E-state index contributed by atoms with van der Waals surface area (Å²) in [5.41, 5.74) is 0.137. The molecule has 4 aliphatic carbocycles. The van der Waals surface area contributed by atoms with Gasteiger partial charge in [-0.3, -0.25) is 9.59 Å². The zero-order valence-corrected chi connectivity index (χ0v) is 31.4. The number of carbonyl (C=O) groups excluding carboxylic acids is 1. The Balaban J connectivity index is 0.000000148. The van der Waals surface area contributed by atoms with E-state index in [0.29, 0.717) is 67.2 Å². The average Bonchev–Trinajstić information content (AvgIpc) is 3.59. The van der Waals surface area contributed by atoms with Gasteiger partial charge < -0.3 is 29.4 Å². The Bertz CT molecular complexity index is 2000. The summed E-state index contributed by atoms with van der Waals surface area (Å²) >= 11 is 0. The molecule has 0 bridgehead atoms. The number of carboxylic acids is 1. The Kier molecular flexibility index (Phi) is 8.47. The van der Waals surface area contributed by atoms with Crippen LogP contribution >= 0.6 is 0 Å². The number of halogens is 8. The van der Waals surface area contributed by atoms with Crippen molar-refractivity contribution >= 4 is 35.5 Å². The smallest absolute Gasteiger partial charge is 0.305 e. The molecule has 2 aromatic heterocycles. The molecule has 10 rings (SSSR count). The summed E-state index contributed by atoms with van der Waals surface area (Å²) in [5, 5.41) is 8.96. The number of hydrogen-bond donors (Lipinski definition) is 1. The molecule has 8 atom stereocenters. The van der Waals surface area contributed by atoms with Crippen LogP contribution in [-0.2, 0) is 39.0 Å². The van der Waals surface area contributed by atoms with Crippen molar-refractivity contribution in [1.82, 2.24) is 19.9 Å². The number of rotatable bonds is 8. The molecule has 0 radical (unpaired) electrons. The lowest BCUT2D eigenvalue weighted by Crippen LogP contribution is -2.64. The molecule has 6 fully saturated rings. The SMILES string of the molecule is CC1N(c2nc(N3C[C@@H]4C(CC(=O)O)[C@@H]4C3)c3c(n2)C(F)(F)CC3)CC1(F)F.COC(=O)CC1[C@H]2CN(c3nc(N4CC(F)(F)C4C)nc4c3CCC4(F)F)C[C@@H]12. The first-order valence-electron chi connectivity index (χ1n) is 19.4. The second-order valence-corrected chi connectivity index (χ2v) is 17.1. The zero-order valence-electron chi connectivity index (χ0n) is 31.4. The Hall–Kier alpha value is -4.26. The summed E-state index contributed by atoms with van der Waals surface area (Å²) in [6.07, 6.45) is 0.0987. The van der Waals surface area contributed by atoms with Crippen LogP contribution in [0.4, 0.5) is 58.7 Å². The van der Waals surface area contributed by atoms with E-state index >= 15 is 0 Å². The molecule has 0 spiro atoms. The summed E-state index contributed by atoms with van der Waals surface area (Å²) in [5.74, 6) is -10.9. The van der Waals surface area contributed by atoms with Gasteiger partial charge >= 0.3 is 11.9 Å². The zero-order chi connectivity index (χ0) is 40.7. The maximum absolute atomic E-state index is 14.4. The Morgan fingerprint density at radius 2 is 1.05 bits per heavy atom. The number of carbonyl (C=O) groups is 2. The lowest BCUT2D eigenvalue weighted by molar-refractivity contribution is -0.141. The van der Waals surface area contributed by atoms with Crippen LogP contribution in [-0.4, -0.2) is 107 Å². The fourth-order valence-electron chi connectivity index (χ4n) is 10.0. The van der Waals surface area contributed by atoms with Gasteiger partial charge in [0.1, 0.15) is 23.0 Å². The van der Waals surface area contributed by atoms with E-state index in [1.54, 1.807) is 0 Å². The van der Waals surface area contributed by atoms with Crippen LogP contribution in [0.5, 0.6) is 0 Å². The third kappa shape index (κ3) is 6.20. The van der Waals surface area contributed by atoms with Crippen molar-refractivity contribution in [3.05, 3.63) is 22.5 Å². The highest BCUT2D eigenvalue weighted by atomic mass is 19.3. The summed E-state index contributed by atoms with van der Waals surface area (Å²) in [6.45, 7) is 3.89. The van der Waals surface area contributed by atoms with Gasteiger partial charge in [-0.1, -0.05) is 0 Å². The third-order valence-electron chi connectivity index (χ3n) is 13.8. The summed E-state index contributed by atoms with van der Waals surface area (Å²) in [7, 11) is 1.36. The van der Waals surface area contributed by atoms with Gasteiger partial charge in [0, 0.05) is 63.0 Å². The molecule has 6 heterocycles. The minimum atomic E-state index is -3.09. The highest BCUT2D eigenvalue weighted by Gasteiger charge is 2.60. The predicted molar refractivity (Wildman–Crippen MR) is 186 cm³/mol. The first-order valence-corrected chi connectivity index (χ1v) is 19.4. The van der Waals surface area contributed by atoms with Crippen molar-refractivity contribution < 1.29 is 54.6 Å². The van der Waals surface area contributed by atoms with Gasteiger partial charge in [0.2, 0.25) is 11.9 Å². The van der Waals surface area contributed by atoms with Crippen molar-refractivity contribution in [3.63, 3.8) is 0 Å². The number of aromatic nitrogens is 4. The molecule has 2 aromatic rings. The molecule has 310 valence electrons. The van der Waals surface area contributed by atoms with Gasteiger partial charge in [-0.25, -0.2) is 27.5 Å². The van der Waals surface area contributed by atoms with Crippen molar-refractivity contribution in [2.24, 2.45) is 35.5 Å². The van der Waals surface area contributed by atoms with Crippen LogP contribution in [0.25, 0.3) is 0 Å². The molecule has 4 saturated heterocycles. The molecule has 0 aromatic carbocycles. The maximum Gasteiger partial charge on any atom is 0.305 e. The number of alkyl halides is 8. The molecule has 4 unspecified atom stereocenters. The number of hydrogen-bond acceptors (Lipinski definition) is 11. The summed E-state index contributed by atoms with van der Waals surface area (Å²) in [4.78, 5) is 45.7. The van der Waals surface area contributed by atoms with Crippen molar-refractivity contribution in [2.45, 2.75) is 88.1 Å². The van der Waals surface area contributed by atoms with E-state index < -0.39 is 54.8 Å². The number of anilines is 4. The normalized spacial score (nSPS) is 33.6. The number of fused-ring (bicyclic) bond motifs is 4. The highest BCUT2D eigenvalue weighted by Crippen LogP contribution is 2.57. The fourth-order valence-corrected chi connectivity index (χ4v) is 10.0. The van der Waals surface area contributed by atoms with Gasteiger partial charge in [0.15, 0.2) is 0 Å². The number of nitrogens with zero attached hydrogens (tertiary/aromatic N) is 8. The molecule has 4 aliphatic heterocycles. The number of aliphatic carboxylic acids is 1. The van der Waals surface area contributed by atoms with Crippen LogP contribution in [0.2, 0.25) is 0 Å². The molecule has 0 amide bonds. The summed E-state index contributed by atoms with van der Waals surface area (Å²) in [6, 6.07) is -2.26. The second-order valence-electron chi connectivity index (χ2n) is 17.1. The van der Waals surface area contributed by atoms with Crippen LogP contribution < -0.4 is 19.6 Å². The molecule has 1 N–H and O–H groups in total. The van der Waals surface area contributed by atoms with Crippen molar-refractivity contribution in [3.8, 4) is 0 Å². The van der Waals surface area contributed by atoms with E-state index in [1.165, 1.54) is 30.8 Å². The van der Waals surface area contributed by atoms with E-state index in [0.717, 1.165) is 0 Å². The molecule has 2 saturated carbocycles. The second kappa shape index (κ2) is 12.6. The quantitative estimate of drug-likeness (QED) is 0.281. The van der Waals surface area contributed by atoms with Gasteiger partial charge in [0.25, 0.3) is 23.7 Å². The van der Waals surface area contributed by atoms with E-state index in [-0.39, 0.29) is 85.0 Å². The standard InChI is InChI=1S/C19H22F4N4O2.C18H20F4N4O2/c1-9-19(22,23)8-27(9)17-24-15-10(3-4-18(15,20)21)16(25-17)26-6-12-11(13(12)7-26)5-14(28)29-2;1-8-18(21,22)7-26(8)16-23-14-9(2-3-17(14,19)20)15(24-16)25-5-11-10(4-13(27)28)12(11)6-25/h9,11-13H,3-8H2,1-2H3;8,10-12H,2-7H2,1H3,(H,27,28)/t9?,11?,12-,13+;8?,10?,11-,12+. The molecule has 12 nitrogen and oxygen atoms in total. The van der Waals surface area contributed by atoms with E-state index in [2.05, 4.69) is 19.9 Å². The number of ether oxygens (including phenoxy) is 1. The first kappa shape index (κ1) is 38.3. The predicted octanol–water partition coefficient (Wildman–Crippen LogP) is 5.12. The molecule has 20 heteroatoms. The number of piperidine rings is 2. The van der Waals surface area contributed by atoms with Gasteiger partial charge in [0.05, 0.1) is 32.3 Å². The Labute approximate surface area is 322 Å². The number of esters is 1. The van der Waals surface area contributed by atoms with E-state index in [9.17, 15) is 44.7 Å². The largest absolute Gasteiger partial charge is 0.481 e. The van der Waals surface area contributed by atoms with E-state index in [1.807, 2.05) is 9.80 Å². The van der Waals surface area contributed by atoms with Gasteiger partial charge in [-0.05, 0) is 62.2 Å². The number of methoxy groups -OCH3 is 1. The third-order valence-corrected chi connectivity index (χ3v) is 13.8. The van der Waals surface area contributed by atoms with Crippen LogP contribution in [0.3, 0.4) is 0 Å². The highest BCUT2D eigenvalue weighted by molar-refractivity contribution is 5.70. The molecular formula is C37H42F8N8O4. The van der Waals surface area contributed by atoms with E-state index in [4.69, 9.17) is 9.84 Å². The molecule has 57 heavy (non-hydrogen) atoms. The van der Waals surface area contributed by atoms with Crippen LogP contribution in [0, 0.1) is 35.5 Å². The van der Waals surface area contributed by atoms with Crippen LogP contribution in [0.15, 0.2) is 0 Å². The lowest BCUT2D eigenvalue weighted by atomic mass is 10.0. The monoisotopic (exact) mass is 814 g/mol. The van der Waals surface area contributed by atoms with Gasteiger partial charge in [-0.2, -0.15) is 27.5 Å². The fraction of sp³-hybridized carbons (Fsp3) is 0.730. The minimum Gasteiger partial charge on any atom is -0.481 e. The maximum atomic E-state index is 14.4. The molecular weight excluding hydrogens is 772 g/mol. The first-order chi connectivity index (χ1) is 26.7. The topological polar surface area (TPSA) is 128 Å². The molecule has 8 aliphatic rings. The Morgan fingerprint density at radius 1 is 0.667 bits per heavy atom. The van der Waals surface area contributed by atoms with Crippen LogP contribution in [0.1, 0.15) is 62.0 Å².